The molecule has 0 radical (unpaired) electrons. The standard InChI is InChI=1S/C21H25NO/c1-2-7-19(8-3-1)23-20-12-14-22(15-13-20)16-18-11-10-17-6-4-5-9-21(17)18/h1-9,18,20H,10-16H2. The van der Waals surface area contributed by atoms with E-state index < -0.39 is 0 Å². The number of ether oxygens (including phenoxy) is 1. The first kappa shape index (κ1) is 14.8. The topological polar surface area (TPSA) is 12.5 Å². The van der Waals surface area contributed by atoms with E-state index in [1.54, 1.807) is 11.1 Å². The Morgan fingerprint density at radius 3 is 2.43 bits per heavy atom. The first-order chi connectivity index (χ1) is 11.4. The molecule has 1 heterocycles. The first-order valence-electron chi connectivity index (χ1n) is 8.90. The van der Waals surface area contributed by atoms with Crippen molar-refractivity contribution in [2.24, 2.45) is 0 Å². The van der Waals surface area contributed by atoms with E-state index >= 15 is 0 Å². The molecule has 0 aromatic heterocycles. The fraction of sp³-hybridized carbons (Fsp3) is 0.429. The maximum Gasteiger partial charge on any atom is 0.119 e. The van der Waals surface area contributed by atoms with E-state index in [1.165, 1.54) is 19.4 Å². The van der Waals surface area contributed by atoms with Crippen LogP contribution in [0.1, 0.15) is 36.3 Å². The van der Waals surface area contributed by atoms with Crippen LogP contribution in [0.5, 0.6) is 5.75 Å². The minimum absolute atomic E-state index is 0.379. The molecule has 1 saturated heterocycles. The Balaban J connectivity index is 1.29. The summed E-state index contributed by atoms with van der Waals surface area (Å²) in [7, 11) is 0. The minimum atomic E-state index is 0.379. The van der Waals surface area contributed by atoms with Crippen LogP contribution in [-0.4, -0.2) is 30.6 Å². The Bertz CT molecular complexity index is 631. The maximum atomic E-state index is 6.10. The van der Waals surface area contributed by atoms with Crippen molar-refractivity contribution in [2.75, 3.05) is 19.6 Å². The minimum Gasteiger partial charge on any atom is -0.490 e. The SMILES string of the molecule is c1ccc(OC2CCN(CC3CCc4ccccc43)CC2)cc1. The predicted octanol–water partition coefficient (Wildman–Crippen LogP) is 4.26. The molecule has 2 aromatic rings. The Morgan fingerprint density at radius 1 is 0.870 bits per heavy atom. The van der Waals surface area contributed by atoms with Gasteiger partial charge in [0.2, 0.25) is 0 Å². The second kappa shape index (κ2) is 6.76. The second-order valence-corrected chi connectivity index (χ2v) is 6.87. The van der Waals surface area contributed by atoms with E-state index in [4.69, 9.17) is 4.74 Å². The average Bonchev–Trinajstić information content (AvgIpc) is 3.01. The number of para-hydroxylation sites is 1. The molecule has 2 heteroatoms. The molecular weight excluding hydrogens is 282 g/mol. The number of rotatable bonds is 4. The second-order valence-electron chi connectivity index (χ2n) is 6.87. The summed E-state index contributed by atoms with van der Waals surface area (Å²) in [5, 5.41) is 0. The lowest BCUT2D eigenvalue weighted by Crippen LogP contribution is -2.40. The summed E-state index contributed by atoms with van der Waals surface area (Å²) in [5.74, 6) is 1.74. The molecule has 2 nitrogen and oxygen atoms in total. The number of aryl methyl sites for hydroxylation is 1. The lowest BCUT2D eigenvalue weighted by molar-refractivity contribution is 0.0969. The molecule has 1 aliphatic heterocycles. The molecule has 1 atom stereocenters. The van der Waals surface area contributed by atoms with Crippen LogP contribution < -0.4 is 4.74 Å². The quantitative estimate of drug-likeness (QED) is 0.837. The van der Waals surface area contributed by atoms with Crippen molar-refractivity contribution in [3.63, 3.8) is 0 Å². The number of likely N-dealkylation sites (tertiary alicyclic amines) is 1. The first-order valence-corrected chi connectivity index (χ1v) is 8.90. The highest BCUT2D eigenvalue weighted by molar-refractivity contribution is 5.35. The highest BCUT2D eigenvalue weighted by Crippen LogP contribution is 2.34. The highest BCUT2D eigenvalue weighted by atomic mass is 16.5. The van der Waals surface area contributed by atoms with Gasteiger partial charge >= 0.3 is 0 Å². The smallest absolute Gasteiger partial charge is 0.119 e. The van der Waals surface area contributed by atoms with Crippen molar-refractivity contribution in [2.45, 2.75) is 37.7 Å². The Kier molecular flexibility index (Phi) is 4.34. The van der Waals surface area contributed by atoms with Crippen molar-refractivity contribution in [3.8, 4) is 5.75 Å². The molecule has 1 unspecified atom stereocenters. The third kappa shape index (κ3) is 3.42. The predicted molar refractivity (Wildman–Crippen MR) is 94.0 cm³/mol. The molecule has 0 bridgehead atoms. The van der Waals surface area contributed by atoms with E-state index in [0.717, 1.165) is 37.6 Å². The Hall–Kier alpha value is -1.80. The number of benzene rings is 2. The van der Waals surface area contributed by atoms with Crippen LogP contribution >= 0.6 is 0 Å². The monoisotopic (exact) mass is 307 g/mol. The van der Waals surface area contributed by atoms with Crippen molar-refractivity contribution in [3.05, 3.63) is 65.7 Å². The summed E-state index contributed by atoms with van der Waals surface area (Å²) in [6, 6.07) is 19.2. The number of fused-ring (bicyclic) bond motifs is 1. The van der Waals surface area contributed by atoms with Crippen LogP contribution in [0.15, 0.2) is 54.6 Å². The van der Waals surface area contributed by atoms with E-state index in [9.17, 15) is 0 Å². The summed E-state index contributed by atoms with van der Waals surface area (Å²) in [6.45, 7) is 3.54. The zero-order chi connectivity index (χ0) is 15.5. The molecule has 0 spiro atoms. The zero-order valence-electron chi connectivity index (χ0n) is 13.7. The van der Waals surface area contributed by atoms with Gasteiger partial charge < -0.3 is 9.64 Å². The summed E-state index contributed by atoms with van der Waals surface area (Å²) < 4.78 is 6.10. The number of hydrogen-bond acceptors (Lipinski definition) is 2. The van der Waals surface area contributed by atoms with Crippen molar-refractivity contribution in [1.82, 2.24) is 4.90 Å². The van der Waals surface area contributed by atoms with Gasteiger partial charge in [-0.2, -0.15) is 0 Å². The van der Waals surface area contributed by atoms with Crippen molar-refractivity contribution < 1.29 is 4.74 Å². The number of nitrogens with zero attached hydrogens (tertiary/aromatic N) is 1. The summed E-state index contributed by atoms with van der Waals surface area (Å²) in [5.41, 5.74) is 3.16. The van der Waals surface area contributed by atoms with E-state index in [1.807, 2.05) is 18.2 Å². The van der Waals surface area contributed by atoms with Gasteiger partial charge in [0.15, 0.2) is 0 Å². The molecule has 0 amide bonds. The molecule has 120 valence electrons. The molecule has 2 aliphatic rings. The van der Waals surface area contributed by atoms with Gasteiger partial charge in [-0.3, -0.25) is 0 Å². The molecule has 1 fully saturated rings. The average molecular weight is 307 g/mol. The summed E-state index contributed by atoms with van der Waals surface area (Å²) >= 11 is 0. The molecule has 1 aliphatic carbocycles. The fourth-order valence-corrected chi connectivity index (χ4v) is 4.05. The van der Waals surface area contributed by atoms with Crippen LogP contribution in [0.3, 0.4) is 0 Å². The third-order valence-electron chi connectivity index (χ3n) is 5.32. The van der Waals surface area contributed by atoms with Gasteiger partial charge in [0, 0.05) is 19.6 Å². The van der Waals surface area contributed by atoms with Crippen molar-refractivity contribution in [1.29, 1.82) is 0 Å². The van der Waals surface area contributed by atoms with Crippen molar-refractivity contribution >= 4 is 0 Å². The lowest BCUT2D eigenvalue weighted by Gasteiger charge is -2.33. The van der Waals surface area contributed by atoms with Crippen LogP contribution in [0.25, 0.3) is 0 Å². The van der Waals surface area contributed by atoms with Gasteiger partial charge in [0.1, 0.15) is 11.9 Å². The fourth-order valence-electron chi connectivity index (χ4n) is 4.05. The van der Waals surface area contributed by atoms with Crippen LogP contribution in [0.2, 0.25) is 0 Å². The molecular formula is C21H25NO. The van der Waals surface area contributed by atoms with E-state index in [0.29, 0.717) is 6.10 Å². The Morgan fingerprint density at radius 2 is 1.61 bits per heavy atom. The van der Waals surface area contributed by atoms with Crippen LogP contribution in [0.4, 0.5) is 0 Å². The number of piperidine rings is 1. The molecule has 23 heavy (non-hydrogen) atoms. The van der Waals surface area contributed by atoms with Gasteiger partial charge in [0.25, 0.3) is 0 Å². The lowest BCUT2D eigenvalue weighted by atomic mass is 9.99. The largest absolute Gasteiger partial charge is 0.490 e. The molecule has 0 N–H and O–H groups in total. The normalized spacial score (nSPS) is 22.0. The zero-order valence-corrected chi connectivity index (χ0v) is 13.7. The molecule has 4 rings (SSSR count). The maximum absolute atomic E-state index is 6.10. The van der Waals surface area contributed by atoms with Gasteiger partial charge in [-0.25, -0.2) is 0 Å². The van der Waals surface area contributed by atoms with Crippen LogP contribution in [-0.2, 0) is 6.42 Å². The third-order valence-corrected chi connectivity index (χ3v) is 5.32. The molecule has 2 aromatic carbocycles. The van der Waals surface area contributed by atoms with Crippen LogP contribution in [0, 0.1) is 0 Å². The molecule has 0 saturated carbocycles. The van der Waals surface area contributed by atoms with Gasteiger partial charge in [0.05, 0.1) is 0 Å². The number of hydrogen-bond donors (Lipinski definition) is 0. The Labute approximate surface area is 139 Å². The summed E-state index contributed by atoms with van der Waals surface area (Å²) in [4.78, 5) is 2.64. The van der Waals surface area contributed by atoms with E-state index in [2.05, 4.69) is 41.3 Å². The summed E-state index contributed by atoms with van der Waals surface area (Å²) in [6.07, 6.45) is 5.24. The van der Waals surface area contributed by atoms with E-state index in [-0.39, 0.29) is 0 Å². The van der Waals surface area contributed by atoms with Gasteiger partial charge in [-0.15, -0.1) is 0 Å². The highest BCUT2D eigenvalue weighted by Gasteiger charge is 2.27. The van der Waals surface area contributed by atoms with Gasteiger partial charge in [-0.05, 0) is 54.9 Å². The van der Waals surface area contributed by atoms with Gasteiger partial charge in [-0.1, -0.05) is 42.5 Å².